The van der Waals surface area contributed by atoms with E-state index in [1.807, 2.05) is 38.3 Å². The summed E-state index contributed by atoms with van der Waals surface area (Å²) in [5.74, 6) is 0.713. The number of amides is 1. The molecule has 9 nitrogen and oxygen atoms in total. The Bertz CT molecular complexity index is 1210. The second kappa shape index (κ2) is 8.88. The Kier molecular flexibility index (Phi) is 5.85. The molecule has 1 N–H and O–H groups in total. The van der Waals surface area contributed by atoms with Crippen LogP contribution in [0.15, 0.2) is 55.2 Å². The molecule has 158 valence electrons. The minimum absolute atomic E-state index is 0.252. The van der Waals surface area contributed by atoms with E-state index in [2.05, 4.69) is 25.4 Å². The first-order valence-electron chi connectivity index (χ1n) is 9.78. The summed E-state index contributed by atoms with van der Waals surface area (Å²) in [6.45, 7) is 1.27. The van der Waals surface area contributed by atoms with Gasteiger partial charge < -0.3 is 15.0 Å². The summed E-state index contributed by atoms with van der Waals surface area (Å²) in [5.41, 5.74) is 2.91. The molecule has 31 heavy (non-hydrogen) atoms. The summed E-state index contributed by atoms with van der Waals surface area (Å²) < 4.78 is 7.71. The van der Waals surface area contributed by atoms with E-state index >= 15 is 0 Å². The molecule has 4 heterocycles. The van der Waals surface area contributed by atoms with Gasteiger partial charge >= 0.3 is 0 Å². The number of hydrogen-bond acceptors (Lipinski definition) is 7. The number of aromatic nitrogens is 5. The molecule has 0 aliphatic carbocycles. The van der Waals surface area contributed by atoms with Crippen molar-refractivity contribution >= 4 is 22.6 Å². The van der Waals surface area contributed by atoms with Gasteiger partial charge in [-0.1, -0.05) is 0 Å². The molecule has 9 heteroatoms. The van der Waals surface area contributed by atoms with E-state index in [1.54, 1.807) is 47.7 Å². The van der Waals surface area contributed by atoms with E-state index in [0.29, 0.717) is 29.4 Å². The van der Waals surface area contributed by atoms with Crippen LogP contribution in [0.2, 0.25) is 0 Å². The number of aryl methyl sites for hydroxylation is 1. The molecule has 0 spiro atoms. The maximum absolute atomic E-state index is 12.4. The molecular formula is C22H23N7O2. The van der Waals surface area contributed by atoms with Gasteiger partial charge in [-0.05, 0) is 38.4 Å². The first kappa shape index (κ1) is 20.4. The van der Waals surface area contributed by atoms with Crippen LogP contribution >= 0.6 is 0 Å². The van der Waals surface area contributed by atoms with Gasteiger partial charge in [0.25, 0.3) is 5.91 Å². The number of ether oxygens (including phenoxy) is 1. The van der Waals surface area contributed by atoms with Crippen LogP contribution in [-0.4, -0.2) is 62.8 Å². The van der Waals surface area contributed by atoms with Gasteiger partial charge in [0.05, 0.1) is 17.9 Å². The maximum Gasteiger partial charge on any atom is 0.256 e. The van der Waals surface area contributed by atoms with E-state index in [4.69, 9.17) is 4.74 Å². The zero-order valence-corrected chi connectivity index (χ0v) is 17.6. The smallest absolute Gasteiger partial charge is 0.256 e. The minimum atomic E-state index is -0.252. The summed E-state index contributed by atoms with van der Waals surface area (Å²) in [6.07, 6.45) is 8.46. The molecule has 0 bridgehead atoms. The monoisotopic (exact) mass is 417 g/mol. The molecule has 0 aliphatic heterocycles. The highest BCUT2D eigenvalue weighted by Gasteiger charge is 2.14. The van der Waals surface area contributed by atoms with Crippen molar-refractivity contribution in [2.75, 3.05) is 32.6 Å². The average molecular weight is 417 g/mol. The van der Waals surface area contributed by atoms with Gasteiger partial charge in [0.1, 0.15) is 12.4 Å². The lowest BCUT2D eigenvalue weighted by Crippen LogP contribution is -2.20. The van der Waals surface area contributed by atoms with Gasteiger partial charge in [0.15, 0.2) is 0 Å². The van der Waals surface area contributed by atoms with Crippen molar-refractivity contribution in [1.29, 1.82) is 0 Å². The first-order valence-corrected chi connectivity index (χ1v) is 9.78. The third kappa shape index (κ3) is 4.84. The second-order valence-corrected chi connectivity index (χ2v) is 7.35. The highest BCUT2D eigenvalue weighted by atomic mass is 16.5. The largest absolute Gasteiger partial charge is 0.476 e. The zero-order valence-electron chi connectivity index (χ0n) is 17.6. The van der Waals surface area contributed by atoms with E-state index in [9.17, 15) is 4.79 Å². The topological polar surface area (TPSA) is 98.1 Å². The van der Waals surface area contributed by atoms with Crippen LogP contribution < -0.4 is 10.1 Å². The van der Waals surface area contributed by atoms with E-state index in [0.717, 1.165) is 23.1 Å². The average Bonchev–Trinajstić information content (AvgIpc) is 3.19. The van der Waals surface area contributed by atoms with Gasteiger partial charge in [-0.25, -0.2) is 9.97 Å². The Hall–Kier alpha value is -3.85. The Morgan fingerprint density at radius 2 is 2.00 bits per heavy atom. The number of rotatable bonds is 7. The normalized spacial score (nSPS) is 11.1. The molecule has 4 aromatic heterocycles. The molecule has 1 amide bonds. The molecule has 0 saturated carbocycles. The number of likely N-dealkylation sites (N-methyl/N-ethyl adjacent to an activating group) is 1. The third-order valence-electron chi connectivity index (χ3n) is 4.64. The van der Waals surface area contributed by atoms with Crippen LogP contribution in [0.1, 0.15) is 10.4 Å². The Labute approximate surface area is 179 Å². The van der Waals surface area contributed by atoms with Gasteiger partial charge in [-0.2, -0.15) is 5.10 Å². The standard InChI is InChI=1S/C22H23N7O2/c1-28(2)8-9-31-22-18(17-12-25-29(3)14-17)10-16-11-20(24-13-19(16)26-22)27-21(30)15-4-6-23-7-5-15/h4-7,10-14H,8-9H2,1-3H3,(H,24,27,30). The Balaban J connectivity index is 1.67. The van der Waals surface area contributed by atoms with Crippen LogP contribution in [0.25, 0.3) is 22.0 Å². The van der Waals surface area contributed by atoms with Crippen molar-refractivity contribution in [3.05, 3.63) is 60.8 Å². The molecule has 0 saturated heterocycles. The maximum atomic E-state index is 12.4. The quantitative estimate of drug-likeness (QED) is 0.494. The molecule has 4 aromatic rings. The van der Waals surface area contributed by atoms with E-state index in [-0.39, 0.29) is 5.91 Å². The van der Waals surface area contributed by atoms with Gasteiger partial charge in [-0.3, -0.25) is 14.5 Å². The van der Waals surface area contributed by atoms with Crippen LogP contribution in [0.5, 0.6) is 5.88 Å². The summed E-state index contributed by atoms with van der Waals surface area (Å²) in [6, 6.07) is 7.07. The highest BCUT2D eigenvalue weighted by Crippen LogP contribution is 2.32. The molecule has 0 aliphatic rings. The molecule has 0 atom stereocenters. The fourth-order valence-electron chi connectivity index (χ4n) is 3.02. The fourth-order valence-corrected chi connectivity index (χ4v) is 3.02. The van der Waals surface area contributed by atoms with Crippen molar-refractivity contribution in [2.45, 2.75) is 0 Å². The minimum Gasteiger partial charge on any atom is -0.476 e. The fraction of sp³-hybridized carbons (Fsp3) is 0.227. The lowest BCUT2D eigenvalue weighted by molar-refractivity contribution is 0.102. The first-order chi connectivity index (χ1) is 15.0. The molecule has 0 radical (unpaired) electrons. The summed E-state index contributed by atoms with van der Waals surface area (Å²) in [7, 11) is 5.84. The Morgan fingerprint density at radius 1 is 1.19 bits per heavy atom. The zero-order chi connectivity index (χ0) is 21.8. The number of hydrogen-bond donors (Lipinski definition) is 1. The van der Waals surface area contributed by atoms with Crippen LogP contribution in [0, 0.1) is 0 Å². The number of nitrogens with one attached hydrogen (secondary N) is 1. The Morgan fingerprint density at radius 3 is 2.71 bits per heavy atom. The lowest BCUT2D eigenvalue weighted by Gasteiger charge is -2.14. The summed E-state index contributed by atoms with van der Waals surface area (Å²) in [4.78, 5) is 27.4. The van der Waals surface area contributed by atoms with Crippen LogP contribution in [-0.2, 0) is 7.05 Å². The SMILES string of the molecule is CN(C)CCOc1nc2cnc(NC(=O)c3ccncc3)cc2cc1-c1cnn(C)c1. The summed E-state index contributed by atoms with van der Waals surface area (Å²) in [5, 5.41) is 7.91. The molecule has 4 rings (SSSR count). The van der Waals surface area contributed by atoms with Crippen molar-refractivity contribution in [1.82, 2.24) is 29.6 Å². The predicted molar refractivity (Wildman–Crippen MR) is 118 cm³/mol. The number of fused-ring (bicyclic) bond motifs is 1. The van der Waals surface area contributed by atoms with Crippen LogP contribution in [0.4, 0.5) is 5.82 Å². The second-order valence-electron chi connectivity index (χ2n) is 7.35. The molecular weight excluding hydrogens is 394 g/mol. The van der Waals surface area contributed by atoms with Gasteiger partial charge in [-0.15, -0.1) is 0 Å². The lowest BCUT2D eigenvalue weighted by atomic mass is 10.1. The highest BCUT2D eigenvalue weighted by molar-refractivity contribution is 6.04. The molecule has 0 aromatic carbocycles. The van der Waals surface area contributed by atoms with Crippen molar-refractivity contribution in [3.63, 3.8) is 0 Å². The van der Waals surface area contributed by atoms with Crippen LogP contribution in [0.3, 0.4) is 0 Å². The van der Waals surface area contributed by atoms with Crippen molar-refractivity contribution in [2.24, 2.45) is 7.05 Å². The van der Waals surface area contributed by atoms with Crippen molar-refractivity contribution < 1.29 is 9.53 Å². The van der Waals surface area contributed by atoms with Crippen molar-refractivity contribution in [3.8, 4) is 17.0 Å². The number of pyridine rings is 3. The predicted octanol–water partition coefficient (Wildman–Crippen LogP) is 2.62. The molecule has 0 unspecified atom stereocenters. The van der Waals surface area contributed by atoms with E-state index in [1.165, 1.54) is 0 Å². The number of carbonyl (C=O) groups excluding carboxylic acids is 1. The number of nitrogens with zero attached hydrogens (tertiary/aromatic N) is 6. The number of anilines is 1. The molecule has 0 fully saturated rings. The third-order valence-corrected chi connectivity index (χ3v) is 4.64. The van der Waals surface area contributed by atoms with E-state index < -0.39 is 0 Å². The summed E-state index contributed by atoms with van der Waals surface area (Å²) >= 11 is 0. The number of carbonyl (C=O) groups is 1. The van der Waals surface area contributed by atoms with Gasteiger partial charge in [0.2, 0.25) is 5.88 Å². The van der Waals surface area contributed by atoms with Gasteiger partial charge in [0, 0.05) is 54.3 Å².